The molecule has 2 aromatic rings. The molecule has 2 aromatic carbocycles. The Morgan fingerprint density at radius 3 is 1.91 bits per heavy atom. The molecular formula is C17H19NO4S. The lowest BCUT2D eigenvalue weighted by atomic mass is 10.1. The normalized spacial score (nSPS) is 22.9. The second-order valence-electron chi connectivity index (χ2n) is 5.76. The molecule has 1 heterocycles. The molecule has 0 unspecified atom stereocenters. The van der Waals surface area contributed by atoms with Crippen molar-refractivity contribution < 1.29 is 18.6 Å². The third-order valence-corrected chi connectivity index (χ3v) is 5.82. The lowest BCUT2D eigenvalue weighted by molar-refractivity contribution is 0.0213. The van der Waals surface area contributed by atoms with E-state index in [1.807, 2.05) is 30.3 Å². The fourth-order valence-electron chi connectivity index (χ4n) is 2.80. The number of benzene rings is 2. The van der Waals surface area contributed by atoms with Crippen molar-refractivity contribution in [1.29, 1.82) is 0 Å². The van der Waals surface area contributed by atoms with Crippen LogP contribution in [-0.2, 0) is 10.0 Å². The largest absolute Gasteiger partial charge is 0.392 e. The predicted molar refractivity (Wildman–Crippen MR) is 87.3 cm³/mol. The van der Waals surface area contributed by atoms with Gasteiger partial charge < -0.3 is 10.2 Å². The quantitative estimate of drug-likeness (QED) is 0.892. The molecule has 3 rings (SSSR count). The van der Waals surface area contributed by atoms with Crippen LogP contribution in [0.25, 0.3) is 11.1 Å². The van der Waals surface area contributed by atoms with Gasteiger partial charge in [0.15, 0.2) is 0 Å². The maximum Gasteiger partial charge on any atom is 0.243 e. The van der Waals surface area contributed by atoms with E-state index in [4.69, 9.17) is 0 Å². The Labute approximate surface area is 135 Å². The molecule has 6 heteroatoms. The molecule has 0 aromatic heterocycles. The minimum absolute atomic E-state index is 0.0137. The first-order chi connectivity index (χ1) is 11.0. The van der Waals surface area contributed by atoms with Gasteiger partial charge in [-0.3, -0.25) is 0 Å². The van der Waals surface area contributed by atoms with E-state index in [0.29, 0.717) is 0 Å². The van der Waals surface area contributed by atoms with E-state index >= 15 is 0 Å². The summed E-state index contributed by atoms with van der Waals surface area (Å²) in [7, 11) is -3.71. The van der Waals surface area contributed by atoms with Crippen LogP contribution in [0, 0.1) is 0 Å². The summed E-state index contributed by atoms with van der Waals surface area (Å²) >= 11 is 0. The molecule has 23 heavy (non-hydrogen) atoms. The summed E-state index contributed by atoms with van der Waals surface area (Å²) in [5.74, 6) is 0. The summed E-state index contributed by atoms with van der Waals surface area (Å²) in [5.41, 5.74) is 1.95. The highest BCUT2D eigenvalue weighted by Crippen LogP contribution is 2.24. The highest BCUT2D eigenvalue weighted by atomic mass is 32.2. The minimum Gasteiger partial charge on any atom is -0.392 e. The van der Waals surface area contributed by atoms with Gasteiger partial charge in [0.1, 0.15) is 0 Å². The Balaban J connectivity index is 1.86. The van der Waals surface area contributed by atoms with E-state index < -0.39 is 22.2 Å². The van der Waals surface area contributed by atoms with Gasteiger partial charge in [0.25, 0.3) is 0 Å². The Hall–Kier alpha value is -1.73. The van der Waals surface area contributed by atoms with Crippen LogP contribution in [0.4, 0.5) is 0 Å². The van der Waals surface area contributed by atoms with E-state index in [0.717, 1.165) is 15.4 Å². The Morgan fingerprint density at radius 1 is 0.826 bits per heavy atom. The van der Waals surface area contributed by atoms with Crippen LogP contribution >= 0.6 is 0 Å². The molecule has 2 atom stereocenters. The first-order valence-electron chi connectivity index (χ1n) is 7.48. The number of hydrogen-bond donors (Lipinski definition) is 2. The molecule has 0 aliphatic carbocycles. The van der Waals surface area contributed by atoms with Crippen molar-refractivity contribution in [2.24, 2.45) is 0 Å². The molecule has 1 aliphatic rings. The fraction of sp³-hybridized carbons (Fsp3) is 0.294. The van der Waals surface area contributed by atoms with Crippen molar-refractivity contribution in [3.05, 3.63) is 54.6 Å². The summed E-state index contributed by atoms with van der Waals surface area (Å²) in [6.45, 7) is 0.0274. The fourth-order valence-corrected chi connectivity index (χ4v) is 4.32. The zero-order valence-electron chi connectivity index (χ0n) is 12.5. The number of β-amino-alcohol motifs (C(OH)–C–C–N with tert-alkyl or cyclic N) is 2. The van der Waals surface area contributed by atoms with Crippen LogP contribution < -0.4 is 0 Å². The number of nitrogens with zero attached hydrogens (tertiary/aromatic N) is 1. The van der Waals surface area contributed by atoms with Crippen molar-refractivity contribution in [2.45, 2.75) is 23.5 Å². The van der Waals surface area contributed by atoms with Gasteiger partial charge in [-0.1, -0.05) is 42.5 Å². The number of aliphatic hydroxyl groups is 2. The summed E-state index contributed by atoms with van der Waals surface area (Å²) in [4.78, 5) is 0.165. The van der Waals surface area contributed by atoms with Crippen molar-refractivity contribution in [3.8, 4) is 11.1 Å². The molecule has 0 saturated carbocycles. The van der Waals surface area contributed by atoms with Crippen LogP contribution in [0.5, 0.6) is 0 Å². The van der Waals surface area contributed by atoms with E-state index in [2.05, 4.69) is 0 Å². The molecule has 0 radical (unpaired) electrons. The lowest BCUT2D eigenvalue weighted by Gasteiger charge is -2.32. The molecule has 1 aliphatic heterocycles. The van der Waals surface area contributed by atoms with E-state index in [1.165, 1.54) is 0 Å². The molecule has 0 amide bonds. The summed E-state index contributed by atoms with van der Waals surface area (Å²) in [5, 5.41) is 19.4. The molecule has 122 valence electrons. The highest BCUT2D eigenvalue weighted by molar-refractivity contribution is 7.89. The van der Waals surface area contributed by atoms with Crippen molar-refractivity contribution >= 4 is 10.0 Å². The minimum atomic E-state index is -3.71. The van der Waals surface area contributed by atoms with Gasteiger partial charge in [0, 0.05) is 19.5 Å². The molecule has 2 N–H and O–H groups in total. The maximum atomic E-state index is 12.6. The first kappa shape index (κ1) is 16.1. The SMILES string of the molecule is O=S(=O)(c1ccc(-c2ccccc2)cc1)N1C[C@H](O)C[C@@H](O)C1. The van der Waals surface area contributed by atoms with Gasteiger partial charge in [-0.15, -0.1) is 0 Å². The summed E-state index contributed by atoms with van der Waals surface area (Å²) in [6, 6.07) is 16.3. The highest BCUT2D eigenvalue weighted by Gasteiger charge is 2.33. The van der Waals surface area contributed by atoms with Gasteiger partial charge in [-0.25, -0.2) is 8.42 Å². The summed E-state index contributed by atoms with van der Waals surface area (Å²) < 4.78 is 26.4. The smallest absolute Gasteiger partial charge is 0.243 e. The predicted octanol–water partition coefficient (Wildman–Crippen LogP) is 1.47. The van der Waals surface area contributed by atoms with Gasteiger partial charge >= 0.3 is 0 Å². The van der Waals surface area contributed by atoms with Gasteiger partial charge in [-0.05, 0) is 23.3 Å². The average molecular weight is 333 g/mol. The maximum absolute atomic E-state index is 12.6. The van der Waals surface area contributed by atoms with E-state index in [1.54, 1.807) is 24.3 Å². The Morgan fingerprint density at radius 2 is 1.35 bits per heavy atom. The molecule has 0 bridgehead atoms. The third kappa shape index (κ3) is 3.45. The second kappa shape index (κ2) is 6.41. The average Bonchev–Trinajstić information content (AvgIpc) is 2.55. The zero-order chi connectivity index (χ0) is 16.4. The van der Waals surface area contributed by atoms with Crippen LogP contribution in [0.3, 0.4) is 0 Å². The second-order valence-corrected chi connectivity index (χ2v) is 7.69. The Bertz CT molecular complexity index is 749. The van der Waals surface area contributed by atoms with Gasteiger partial charge in [0.05, 0.1) is 17.1 Å². The number of aliphatic hydroxyl groups excluding tert-OH is 2. The molecular weight excluding hydrogens is 314 g/mol. The van der Waals surface area contributed by atoms with Crippen molar-refractivity contribution in [3.63, 3.8) is 0 Å². The van der Waals surface area contributed by atoms with Crippen molar-refractivity contribution in [1.82, 2.24) is 4.31 Å². The monoisotopic (exact) mass is 333 g/mol. The number of sulfonamides is 1. The van der Waals surface area contributed by atoms with Crippen molar-refractivity contribution in [2.75, 3.05) is 13.1 Å². The first-order valence-corrected chi connectivity index (χ1v) is 8.92. The van der Waals surface area contributed by atoms with E-state index in [-0.39, 0.29) is 24.4 Å². The lowest BCUT2D eigenvalue weighted by Crippen LogP contribution is -2.48. The van der Waals surface area contributed by atoms with Crippen LogP contribution in [0.1, 0.15) is 6.42 Å². The van der Waals surface area contributed by atoms with Gasteiger partial charge in [-0.2, -0.15) is 4.31 Å². The third-order valence-electron chi connectivity index (χ3n) is 3.97. The van der Waals surface area contributed by atoms with Crippen LogP contribution in [0.2, 0.25) is 0 Å². The topological polar surface area (TPSA) is 77.8 Å². The van der Waals surface area contributed by atoms with Crippen LogP contribution in [-0.4, -0.2) is 48.2 Å². The zero-order valence-corrected chi connectivity index (χ0v) is 13.4. The Kier molecular flexibility index (Phi) is 4.50. The summed E-state index contributed by atoms with van der Waals surface area (Å²) in [6.07, 6.45) is -1.46. The van der Waals surface area contributed by atoms with E-state index in [9.17, 15) is 18.6 Å². The number of rotatable bonds is 3. The molecule has 1 fully saturated rings. The van der Waals surface area contributed by atoms with Crippen LogP contribution in [0.15, 0.2) is 59.5 Å². The standard InChI is InChI=1S/C17H19NO4S/c19-15-10-16(20)12-18(11-15)23(21,22)17-8-6-14(7-9-17)13-4-2-1-3-5-13/h1-9,15-16,19-20H,10-12H2/t15-,16-/m1/s1. The molecule has 5 nitrogen and oxygen atoms in total. The molecule has 0 spiro atoms. The number of piperidine rings is 1. The number of hydrogen-bond acceptors (Lipinski definition) is 4. The van der Waals surface area contributed by atoms with Gasteiger partial charge in [0.2, 0.25) is 10.0 Å². The molecule has 1 saturated heterocycles.